The molecule has 0 bridgehead atoms. The fraction of sp³-hybridized carbons (Fsp3) is 0.500. The molecule has 0 aliphatic carbocycles. The van der Waals surface area contributed by atoms with E-state index in [4.69, 9.17) is 14.2 Å². The summed E-state index contributed by atoms with van der Waals surface area (Å²) >= 11 is 0. The molecular formula is C10H17NO3Si. The first-order chi connectivity index (χ1) is 7.19. The predicted octanol–water partition coefficient (Wildman–Crippen LogP) is -0.135. The Morgan fingerprint density at radius 2 is 1.93 bits per heavy atom. The van der Waals surface area contributed by atoms with Gasteiger partial charge in [0.15, 0.2) is 6.29 Å². The molecule has 1 atom stereocenters. The standard InChI is InChI=1S/C10H17NO3Si/c1-12-9(13-2)10(15,14-3)8-6-4-5-7-11-8/h4-7,9H,1-3,15H3. The number of ether oxygens (including phenoxy) is 3. The van der Waals surface area contributed by atoms with E-state index >= 15 is 0 Å². The maximum Gasteiger partial charge on any atom is 0.187 e. The molecule has 0 saturated heterocycles. The third-order valence-electron chi connectivity index (χ3n) is 2.48. The second-order valence-corrected chi connectivity index (χ2v) is 4.82. The highest BCUT2D eigenvalue weighted by molar-refractivity contribution is 6.15. The van der Waals surface area contributed by atoms with Crippen molar-refractivity contribution in [2.24, 2.45) is 0 Å². The van der Waals surface area contributed by atoms with E-state index in [0.29, 0.717) is 0 Å². The van der Waals surface area contributed by atoms with Crippen molar-refractivity contribution in [3.63, 3.8) is 0 Å². The van der Waals surface area contributed by atoms with Gasteiger partial charge in [-0.25, -0.2) is 0 Å². The monoisotopic (exact) mass is 227 g/mol. The zero-order valence-corrected chi connectivity index (χ0v) is 11.6. The van der Waals surface area contributed by atoms with Gasteiger partial charge in [0.05, 0.1) is 15.9 Å². The van der Waals surface area contributed by atoms with E-state index in [-0.39, 0.29) is 0 Å². The van der Waals surface area contributed by atoms with Crippen LogP contribution in [0.5, 0.6) is 0 Å². The molecule has 1 rings (SSSR count). The van der Waals surface area contributed by atoms with E-state index in [1.165, 1.54) is 0 Å². The van der Waals surface area contributed by atoms with Gasteiger partial charge in [0.2, 0.25) is 0 Å². The van der Waals surface area contributed by atoms with Gasteiger partial charge in [0.1, 0.15) is 5.22 Å². The molecule has 0 amide bonds. The van der Waals surface area contributed by atoms with Gasteiger partial charge in [-0.05, 0) is 12.1 Å². The zero-order valence-electron chi connectivity index (χ0n) is 9.56. The summed E-state index contributed by atoms with van der Waals surface area (Å²) in [5.74, 6) is 0. The molecule has 4 nitrogen and oxygen atoms in total. The van der Waals surface area contributed by atoms with Crippen LogP contribution in [0.25, 0.3) is 0 Å². The Balaban J connectivity index is 3.04. The Bertz CT molecular complexity index is 292. The molecule has 5 heteroatoms. The minimum absolute atomic E-state index is 0.427. The predicted molar refractivity (Wildman–Crippen MR) is 60.7 cm³/mol. The molecule has 1 unspecified atom stereocenters. The van der Waals surface area contributed by atoms with Crippen LogP contribution in [0.2, 0.25) is 0 Å². The van der Waals surface area contributed by atoms with Gasteiger partial charge in [-0.2, -0.15) is 0 Å². The lowest BCUT2D eigenvalue weighted by molar-refractivity contribution is -0.197. The molecule has 0 aliphatic heterocycles. The number of aromatic nitrogens is 1. The molecule has 0 aromatic carbocycles. The van der Waals surface area contributed by atoms with Crippen molar-refractivity contribution in [1.82, 2.24) is 4.98 Å². The Kier molecular flexibility index (Phi) is 4.40. The van der Waals surface area contributed by atoms with Gasteiger partial charge >= 0.3 is 0 Å². The molecule has 1 heterocycles. The van der Waals surface area contributed by atoms with Crippen molar-refractivity contribution >= 4 is 10.2 Å². The summed E-state index contributed by atoms with van der Waals surface area (Å²) in [7, 11) is 5.57. The highest BCUT2D eigenvalue weighted by Gasteiger charge is 2.37. The first-order valence-corrected chi connectivity index (χ1v) is 5.71. The van der Waals surface area contributed by atoms with Crippen LogP contribution in [0.1, 0.15) is 5.69 Å². The first kappa shape index (κ1) is 12.3. The molecule has 1 aromatic heterocycles. The van der Waals surface area contributed by atoms with E-state index in [1.54, 1.807) is 27.5 Å². The fourth-order valence-electron chi connectivity index (χ4n) is 1.52. The topological polar surface area (TPSA) is 40.6 Å². The number of nitrogens with zero attached hydrogens (tertiary/aromatic N) is 1. The second-order valence-electron chi connectivity index (χ2n) is 3.33. The smallest absolute Gasteiger partial charge is 0.187 e. The molecule has 0 N–H and O–H groups in total. The van der Waals surface area contributed by atoms with Gasteiger partial charge < -0.3 is 14.2 Å². The third kappa shape index (κ3) is 2.43. The van der Waals surface area contributed by atoms with E-state index in [1.807, 2.05) is 18.2 Å². The SMILES string of the molecule is COC(OC)C([SiH3])(OC)c1ccccn1. The van der Waals surface area contributed by atoms with Gasteiger partial charge in [-0.3, -0.25) is 4.98 Å². The minimum Gasteiger partial charge on any atom is -0.371 e. The maximum absolute atomic E-state index is 5.52. The summed E-state index contributed by atoms with van der Waals surface area (Å²) in [5, 5.41) is -0.565. The van der Waals surface area contributed by atoms with Crippen molar-refractivity contribution in [2.75, 3.05) is 21.3 Å². The number of methoxy groups -OCH3 is 3. The van der Waals surface area contributed by atoms with Gasteiger partial charge in [-0.15, -0.1) is 0 Å². The molecule has 84 valence electrons. The van der Waals surface area contributed by atoms with Crippen LogP contribution in [0.4, 0.5) is 0 Å². The molecular weight excluding hydrogens is 210 g/mol. The molecule has 0 radical (unpaired) electrons. The van der Waals surface area contributed by atoms with E-state index in [9.17, 15) is 0 Å². The Morgan fingerprint density at radius 3 is 2.33 bits per heavy atom. The number of hydrogen-bond acceptors (Lipinski definition) is 4. The van der Waals surface area contributed by atoms with Crippen LogP contribution >= 0.6 is 0 Å². The van der Waals surface area contributed by atoms with Crippen molar-refractivity contribution in [3.8, 4) is 0 Å². The number of pyridine rings is 1. The average Bonchev–Trinajstić information content (AvgIpc) is 2.31. The van der Waals surface area contributed by atoms with E-state index in [0.717, 1.165) is 15.9 Å². The second kappa shape index (κ2) is 5.36. The minimum atomic E-state index is -0.565. The van der Waals surface area contributed by atoms with Crippen LogP contribution in [0.15, 0.2) is 24.4 Å². The first-order valence-electron chi connectivity index (χ1n) is 4.71. The summed E-state index contributed by atoms with van der Waals surface area (Å²) in [6, 6.07) is 5.72. The average molecular weight is 227 g/mol. The van der Waals surface area contributed by atoms with Crippen LogP contribution in [-0.4, -0.2) is 42.8 Å². The Labute approximate surface area is 93.0 Å². The van der Waals surface area contributed by atoms with Crippen molar-refractivity contribution in [2.45, 2.75) is 11.5 Å². The van der Waals surface area contributed by atoms with E-state index in [2.05, 4.69) is 4.98 Å². The largest absolute Gasteiger partial charge is 0.371 e. The maximum atomic E-state index is 5.52. The van der Waals surface area contributed by atoms with E-state index < -0.39 is 11.5 Å². The quantitative estimate of drug-likeness (QED) is 0.519. The van der Waals surface area contributed by atoms with Gasteiger partial charge in [0, 0.05) is 27.5 Å². The fourth-order valence-corrected chi connectivity index (χ4v) is 2.29. The summed E-state index contributed by atoms with van der Waals surface area (Å²) < 4.78 is 16.0. The molecule has 0 saturated carbocycles. The molecule has 0 aliphatic rings. The summed E-state index contributed by atoms with van der Waals surface area (Å²) in [4.78, 5) is 4.29. The van der Waals surface area contributed by atoms with Crippen molar-refractivity contribution in [3.05, 3.63) is 30.1 Å². The third-order valence-corrected chi connectivity index (χ3v) is 3.87. The van der Waals surface area contributed by atoms with Gasteiger partial charge in [-0.1, -0.05) is 6.07 Å². The Morgan fingerprint density at radius 1 is 1.27 bits per heavy atom. The summed E-state index contributed by atoms with van der Waals surface area (Å²) in [5.41, 5.74) is 0.841. The number of rotatable bonds is 5. The molecule has 0 spiro atoms. The molecule has 0 fully saturated rings. The summed E-state index contributed by atoms with van der Waals surface area (Å²) in [6.45, 7) is 0. The van der Waals surface area contributed by atoms with Crippen LogP contribution < -0.4 is 0 Å². The lowest BCUT2D eigenvalue weighted by Gasteiger charge is -2.33. The highest BCUT2D eigenvalue weighted by Crippen LogP contribution is 2.25. The van der Waals surface area contributed by atoms with Gasteiger partial charge in [0.25, 0.3) is 0 Å². The number of hydrogen-bond donors (Lipinski definition) is 0. The van der Waals surface area contributed by atoms with Crippen LogP contribution in [-0.2, 0) is 19.4 Å². The lowest BCUT2D eigenvalue weighted by atomic mass is 10.2. The molecule has 15 heavy (non-hydrogen) atoms. The van der Waals surface area contributed by atoms with Crippen molar-refractivity contribution in [1.29, 1.82) is 0 Å². The van der Waals surface area contributed by atoms with Crippen LogP contribution in [0.3, 0.4) is 0 Å². The van der Waals surface area contributed by atoms with Crippen molar-refractivity contribution < 1.29 is 14.2 Å². The molecule has 1 aromatic rings. The normalized spacial score (nSPS) is 15.5. The Hall–Kier alpha value is -0.753. The van der Waals surface area contributed by atoms with Crippen LogP contribution in [0, 0.1) is 0 Å². The summed E-state index contributed by atoms with van der Waals surface area (Å²) in [6.07, 6.45) is 1.31. The lowest BCUT2D eigenvalue weighted by Crippen LogP contribution is -2.45. The zero-order chi connectivity index (χ0) is 11.3. The highest BCUT2D eigenvalue weighted by atomic mass is 28.1.